The molecule has 0 fully saturated rings. The molecule has 0 atom stereocenters. The third-order valence-electron chi connectivity index (χ3n) is 2.64. The molecule has 0 bridgehead atoms. The lowest BCUT2D eigenvalue weighted by atomic mass is 10.2. The number of hydrogen-bond donors (Lipinski definition) is 3. The average molecular weight is 288 g/mol. The van der Waals surface area contributed by atoms with Crippen molar-refractivity contribution in [2.75, 3.05) is 12.3 Å². The van der Waals surface area contributed by atoms with E-state index in [9.17, 15) is 9.59 Å². The molecule has 0 aliphatic carbocycles. The molecule has 0 saturated heterocycles. The van der Waals surface area contributed by atoms with Gasteiger partial charge in [0.1, 0.15) is 12.9 Å². The van der Waals surface area contributed by atoms with Crippen LogP contribution in [0.4, 0.5) is 5.95 Å². The van der Waals surface area contributed by atoms with Crippen LogP contribution in [0.1, 0.15) is 5.56 Å². The Hall–Kier alpha value is -2.90. The molecule has 1 heterocycles. The third kappa shape index (κ3) is 4.94. The van der Waals surface area contributed by atoms with Crippen LogP contribution >= 0.6 is 0 Å². The van der Waals surface area contributed by atoms with Crippen molar-refractivity contribution in [2.24, 2.45) is 0 Å². The predicted octanol–water partition coefficient (Wildman–Crippen LogP) is -0.707. The second kappa shape index (κ2) is 7.04. The fraction of sp³-hybridized carbons (Fsp3) is 0.231. The molecule has 0 aliphatic heterocycles. The van der Waals surface area contributed by atoms with Crippen molar-refractivity contribution in [1.82, 2.24) is 25.4 Å². The van der Waals surface area contributed by atoms with Gasteiger partial charge >= 0.3 is 0 Å². The Kier molecular flexibility index (Phi) is 4.86. The van der Waals surface area contributed by atoms with E-state index >= 15 is 0 Å². The molecule has 0 unspecified atom stereocenters. The van der Waals surface area contributed by atoms with E-state index in [2.05, 4.69) is 20.7 Å². The van der Waals surface area contributed by atoms with E-state index in [-0.39, 0.29) is 30.9 Å². The van der Waals surface area contributed by atoms with Gasteiger partial charge in [-0.1, -0.05) is 30.3 Å². The van der Waals surface area contributed by atoms with E-state index in [1.807, 2.05) is 30.3 Å². The van der Waals surface area contributed by atoms with Crippen molar-refractivity contribution in [3.05, 3.63) is 42.2 Å². The number of aromatic nitrogens is 3. The number of nitrogens with one attached hydrogen (secondary N) is 2. The number of nitrogens with zero attached hydrogens (tertiary/aromatic N) is 3. The minimum absolute atomic E-state index is 0.0316. The van der Waals surface area contributed by atoms with E-state index < -0.39 is 0 Å². The highest BCUT2D eigenvalue weighted by atomic mass is 16.2. The smallest absolute Gasteiger partial charge is 0.242 e. The summed E-state index contributed by atoms with van der Waals surface area (Å²) in [5, 5.41) is 8.99. The lowest BCUT2D eigenvalue weighted by Crippen LogP contribution is -2.38. The van der Waals surface area contributed by atoms with Gasteiger partial charge < -0.3 is 16.4 Å². The molecule has 1 aromatic heterocycles. The molecule has 110 valence electrons. The van der Waals surface area contributed by atoms with Crippen LogP contribution in [0.3, 0.4) is 0 Å². The SMILES string of the molecule is Nc1ncn(CC(=O)NCC(=O)NCc2ccccc2)n1. The Bertz CT molecular complexity index is 610. The number of rotatable bonds is 6. The highest BCUT2D eigenvalue weighted by Crippen LogP contribution is 1.96. The van der Waals surface area contributed by atoms with E-state index in [4.69, 9.17) is 5.73 Å². The van der Waals surface area contributed by atoms with Crippen molar-refractivity contribution in [1.29, 1.82) is 0 Å². The number of benzene rings is 1. The summed E-state index contributed by atoms with van der Waals surface area (Å²) in [6.45, 7) is 0.307. The summed E-state index contributed by atoms with van der Waals surface area (Å²) in [5.74, 6) is -0.497. The quantitative estimate of drug-likeness (QED) is 0.649. The first-order valence-corrected chi connectivity index (χ1v) is 6.36. The highest BCUT2D eigenvalue weighted by Gasteiger charge is 2.07. The molecule has 2 amide bonds. The Labute approximate surface area is 121 Å². The van der Waals surface area contributed by atoms with Crippen molar-refractivity contribution < 1.29 is 9.59 Å². The summed E-state index contributed by atoms with van der Waals surface area (Å²) in [7, 11) is 0. The Morgan fingerprint density at radius 1 is 1.14 bits per heavy atom. The molecule has 0 radical (unpaired) electrons. The van der Waals surface area contributed by atoms with Gasteiger partial charge in [0.2, 0.25) is 17.8 Å². The van der Waals surface area contributed by atoms with E-state index in [1.54, 1.807) is 0 Å². The standard InChI is InChI=1S/C13H16N6O2/c14-13-17-9-19(18-13)8-12(21)16-7-11(20)15-6-10-4-2-1-3-5-10/h1-5,9H,6-8H2,(H2,14,18)(H,15,20)(H,16,21). The maximum absolute atomic E-state index is 11.6. The van der Waals surface area contributed by atoms with Crippen LogP contribution < -0.4 is 16.4 Å². The molecular weight excluding hydrogens is 272 g/mol. The van der Waals surface area contributed by atoms with Gasteiger partial charge in [0.25, 0.3) is 0 Å². The van der Waals surface area contributed by atoms with Crippen molar-refractivity contribution >= 4 is 17.8 Å². The first-order valence-electron chi connectivity index (χ1n) is 6.36. The number of anilines is 1. The number of hydrogen-bond acceptors (Lipinski definition) is 5. The second-order valence-corrected chi connectivity index (χ2v) is 4.34. The van der Waals surface area contributed by atoms with Gasteiger partial charge in [-0.2, -0.15) is 0 Å². The molecule has 8 heteroatoms. The fourth-order valence-electron chi connectivity index (χ4n) is 1.63. The number of carbonyl (C=O) groups is 2. The van der Waals surface area contributed by atoms with Crippen molar-refractivity contribution in [2.45, 2.75) is 13.1 Å². The predicted molar refractivity (Wildman–Crippen MR) is 75.7 cm³/mol. The zero-order valence-electron chi connectivity index (χ0n) is 11.3. The zero-order chi connectivity index (χ0) is 15.1. The van der Waals surface area contributed by atoms with Gasteiger partial charge in [0.15, 0.2) is 0 Å². The fourth-order valence-corrected chi connectivity index (χ4v) is 1.63. The van der Waals surface area contributed by atoms with Crippen LogP contribution in [0.15, 0.2) is 36.7 Å². The minimum atomic E-state index is -0.338. The van der Waals surface area contributed by atoms with Crippen LogP contribution in [0.2, 0.25) is 0 Å². The summed E-state index contributed by atoms with van der Waals surface area (Å²) < 4.78 is 1.30. The average Bonchev–Trinajstić information content (AvgIpc) is 2.89. The summed E-state index contributed by atoms with van der Waals surface area (Å²) in [6.07, 6.45) is 1.35. The summed E-state index contributed by atoms with van der Waals surface area (Å²) in [6, 6.07) is 9.52. The highest BCUT2D eigenvalue weighted by molar-refractivity contribution is 5.84. The molecule has 4 N–H and O–H groups in total. The molecule has 0 saturated carbocycles. The molecule has 0 spiro atoms. The number of amides is 2. The first-order chi connectivity index (χ1) is 10.1. The maximum Gasteiger partial charge on any atom is 0.242 e. The molecule has 2 rings (SSSR count). The van der Waals surface area contributed by atoms with Crippen LogP contribution in [0.25, 0.3) is 0 Å². The molecule has 2 aromatic rings. The zero-order valence-corrected chi connectivity index (χ0v) is 11.3. The molecular formula is C13H16N6O2. The largest absolute Gasteiger partial charge is 0.367 e. The summed E-state index contributed by atoms with van der Waals surface area (Å²) in [5.41, 5.74) is 6.33. The van der Waals surface area contributed by atoms with Gasteiger partial charge in [-0.05, 0) is 5.56 Å². The molecule has 8 nitrogen and oxygen atoms in total. The van der Waals surface area contributed by atoms with Gasteiger partial charge in [0.05, 0.1) is 6.54 Å². The second-order valence-electron chi connectivity index (χ2n) is 4.34. The van der Waals surface area contributed by atoms with Crippen LogP contribution in [0, 0.1) is 0 Å². The van der Waals surface area contributed by atoms with E-state index in [0.717, 1.165) is 5.56 Å². The maximum atomic E-state index is 11.6. The normalized spacial score (nSPS) is 10.1. The van der Waals surface area contributed by atoms with Crippen molar-refractivity contribution in [3.63, 3.8) is 0 Å². The Morgan fingerprint density at radius 2 is 1.90 bits per heavy atom. The van der Waals surface area contributed by atoms with Crippen LogP contribution in [-0.4, -0.2) is 33.1 Å². The number of carbonyl (C=O) groups excluding carboxylic acids is 2. The van der Waals surface area contributed by atoms with Gasteiger partial charge in [-0.3, -0.25) is 9.59 Å². The number of nitrogen functional groups attached to an aromatic ring is 1. The Balaban J connectivity index is 1.67. The van der Waals surface area contributed by atoms with Crippen molar-refractivity contribution in [3.8, 4) is 0 Å². The van der Waals surface area contributed by atoms with E-state index in [0.29, 0.717) is 6.54 Å². The van der Waals surface area contributed by atoms with E-state index in [1.165, 1.54) is 11.0 Å². The molecule has 21 heavy (non-hydrogen) atoms. The van der Waals surface area contributed by atoms with Gasteiger partial charge in [-0.25, -0.2) is 9.67 Å². The monoisotopic (exact) mass is 288 g/mol. The first kappa shape index (κ1) is 14.5. The Morgan fingerprint density at radius 3 is 2.57 bits per heavy atom. The minimum Gasteiger partial charge on any atom is -0.367 e. The third-order valence-corrected chi connectivity index (χ3v) is 2.64. The lowest BCUT2D eigenvalue weighted by molar-refractivity contribution is -0.126. The van der Waals surface area contributed by atoms with Gasteiger partial charge in [-0.15, -0.1) is 5.10 Å². The molecule has 1 aromatic carbocycles. The summed E-state index contributed by atoms with van der Waals surface area (Å²) in [4.78, 5) is 26.9. The lowest BCUT2D eigenvalue weighted by Gasteiger charge is -2.07. The van der Waals surface area contributed by atoms with Gasteiger partial charge in [0, 0.05) is 6.54 Å². The summed E-state index contributed by atoms with van der Waals surface area (Å²) >= 11 is 0. The van der Waals surface area contributed by atoms with Crippen LogP contribution in [-0.2, 0) is 22.7 Å². The molecule has 0 aliphatic rings. The van der Waals surface area contributed by atoms with Crippen LogP contribution in [0.5, 0.6) is 0 Å². The number of nitrogens with two attached hydrogens (primary N) is 1. The topological polar surface area (TPSA) is 115 Å².